The van der Waals surface area contributed by atoms with Crippen LogP contribution in [-0.4, -0.2) is 59.5 Å². The number of nitrogens with zero attached hydrogens (tertiary/aromatic N) is 3. The number of hydrogen-bond acceptors (Lipinski definition) is 4. The van der Waals surface area contributed by atoms with Gasteiger partial charge in [-0.1, -0.05) is 0 Å². The van der Waals surface area contributed by atoms with Crippen LogP contribution in [-0.2, 0) is 9.59 Å². The molecule has 0 bridgehead atoms. The van der Waals surface area contributed by atoms with Gasteiger partial charge in [-0.05, 0) is 12.8 Å². The van der Waals surface area contributed by atoms with Crippen LogP contribution in [0.25, 0.3) is 0 Å². The summed E-state index contributed by atoms with van der Waals surface area (Å²) in [7, 11) is 0. The Balaban J connectivity index is 2.14. The second-order valence-corrected chi connectivity index (χ2v) is 4.73. The fraction of sp³-hybridized carbons (Fsp3) is 0.769. The lowest BCUT2D eigenvalue weighted by atomic mass is 10.1. The zero-order chi connectivity index (χ0) is 14.1. The quantitative estimate of drug-likeness (QED) is 0.686. The van der Waals surface area contributed by atoms with Crippen molar-refractivity contribution in [2.45, 2.75) is 32.1 Å². The molecule has 19 heavy (non-hydrogen) atoms. The molecule has 0 spiro atoms. The molecule has 6 nitrogen and oxygen atoms in total. The van der Waals surface area contributed by atoms with Crippen molar-refractivity contribution >= 4 is 11.9 Å². The standard InChI is InChI=1S/C13H21N3O3/c14-6-3-7-15-8-10-16(11-9-15)12(17)4-1-2-5-13(18)19/h1-5,7-11H2,(H,18,19). The Labute approximate surface area is 113 Å². The van der Waals surface area contributed by atoms with E-state index in [-0.39, 0.29) is 12.3 Å². The summed E-state index contributed by atoms with van der Waals surface area (Å²) < 4.78 is 0. The maximum absolute atomic E-state index is 11.9. The first-order valence-electron chi connectivity index (χ1n) is 6.72. The number of piperazine rings is 1. The third-order valence-electron chi connectivity index (χ3n) is 3.30. The topological polar surface area (TPSA) is 84.6 Å². The zero-order valence-electron chi connectivity index (χ0n) is 11.2. The van der Waals surface area contributed by atoms with E-state index in [0.29, 0.717) is 38.8 Å². The van der Waals surface area contributed by atoms with Crippen molar-refractivity contribution in [1.82, 2.24) is 9.80 Å². The molecule has 1 saturated heterocycles. The van der Waals surface area contributed by atoms with E-state index in [9.17, 15) is 9.59 Å². The highest BCUT2D eigenvalue weighted by Crippen LogP contribution is 2.07. The molecule has 1 amide bonds. The van der Waals surface area contributed by atoms with Gasteiger partial charge in [0.15, 0.2) is 0 Å². The van der Waals surface area contributed by atoms with Gasteiger partial charge in [0.2, 0.25) is 5.91 Å². The van der Waals surface area contributed by atoms with Gasteiger partial charge in [-0.15, -0.1) is 0 Å². The van der Waals surface area contributed by atoms with E-state index in [4.69, 9.17) is 10.4 Å². The molecule has 1 fully saturated rings. The number of carbonyl (C=O) groups excluding carboxylic acids is 1. The van der Waals surface area contributed by atoms with E-state index >= 15 is 0 Å². The predicted molar refractivity (Wildman–Crippen MR) is 69.4 cm³/mol. The molecular formula is C13H21N3O3. The number of hydrogen-bond donors (Lipinski definition) is 1. The van der Waals surface area contributed by atoms with Crippen molar-refractivity contribution in [2.24, 2.45) is 0 Å². The van der Waals surface area contributed by atoms with Crippen molar-refractivity contribution in [1.29, 1.82) is 5.26 Å². The van der Waals surface area contributed by atoms with Crippen molar-refractivity contribution in [2.75, 3.05) is 32.7 Å². The summed E-state index contributed by atoms with van der Waals surface area (Å²) in [5, 5.41) is 17.0. The molecule has 106 valence electrons. The number of carbonyl (C=O) groups is 2. The Kier molecular flexibility index (Phi) is 6.90. The summed E-state index contributed by atoms with van der Waals surface area (Å²) >= 11 is 0. The summed E-state index contributed by atoms with van der Waals surface area (Å²) in [6.07, 6.45) is 2.30. The lowest BCUT2D eigenvalue weighted by Gasteiger charge is -2.34. The number of carboxylic acid groups (broad SMARTS) is 1. The highest BCUT2D eigenvalue weighted by Gasteiger charge is 2.20. The first kappa shape index (κ1) is 15.4. The zero-order valence-corrected chi connectivity index (χ0v) is 11.2. The second kappa shape index (κ2) is 8.48. The maximum Gasteiger partial charge on any atom is 0.303 e. The smallest absolute Gasteiger partial charge is 0.303 e. The molecule has 0 saturated carbocycles. The fourth-order valence-electron chi connectivity index (χ4n) is 2.14. The summed E-state index contributed by atoms with van der Waals surface area (Å²) in [4.78, 5) is 26.2. The van der Waals surface area contributed by atoms with E-state index in [2.05, 4.69) is 11.0 Å². The normalized spacial score (nSPS) is 16.1. The van der Waals surface area contributed by atoms with Gasteiger partial charge in [-0.25, -0.2) is 0 Å². The van der Waals surface area contributed by atoms with Gasteiger partial charge in [-0.3, -0.25) is 14.5 Å². The molecule has 0 aliphatic carbocycles. The summed E-state index contributed by atoms with van der Waals surface area (Å²) in [6.45, 7) is 3.84. The molecule has 0 atom stereocenters. The van der Waals surface area contributed by atoms with Gasteiger partial charge in [-0.2, -0.15) is 5.26 Å². The van der Waals surface area contributed by atoms with Crippen LogP contribution in [0.1, 0.15) is 32.1 Å². The second-order valence-electron chi connectivity index (χ2n) is 4.73. The highest BCUT2D eigenvalue weighted by atomic mass is 16.4. The van der Waals surface area contributed by atoms with E-state index in [1.165, 1.54) is 0 Å². The summed E-state index contributed by atoms with van der Waals surface area (Å²) in [5.74, 6) is -0.691. The number of unbranched alkanes of at least 4 members (excludes halogenated alkanes) is 1. The first-order chi connectivity index (χ1) is 9.13. The SMILES string of the molecule is N#CCCN1CCN(C(=O)CCCCC(=O)O)CC1. The Bertz CT molecular complexity index is 344. The van der Waals surface area contributed by atoms with Crippen LogP contribution in [0.5, 0.6) is 0 Å². The minimum absolute atomic E-state index is 0.116. The van der Waals surface area contributed by atoms with E-state index in [1.54, 1.807) is 0 Å². The third-order valence-corrected chi connectivity index (χ3v) is 3.30. The van der Waals surface area contributed by atoms with Gasteiger partial charge in [0.25, 0.3) is 0 Å². The van der Waals surface area contributed by atoms with Gasteiger partial charge >= 0.3 is 5.97 Å². The molecule has 0 unspecified atom stereocenters. The molecule has 1 N–H and O–H groups in total. The van der Waals surface area contributed by atoms with Crippen LogP contribution in [0, 0.1) is 11.3 Å². The molecule has 6 heteroatoms. The average molecular weight is 267 g/mol. The molecule has 0 aromatic rings. The Morgan fingerprint density at radius 2 is 1.74 bits per heavy atom. The van der Waals surface area contributed by atoms with Gasteiger partial charge in [0.05, 0.1) is 6.07 Å². The summed E-state index contributed by atoms with van der Waals surface area (Å²) in [5.41, 5.74) is 0. The molecule has 1 aliphatic heterocycles. The number of aliphatic carboxylic acids is 1. The van der Waals surface area contributed by atoms with Gasteiger partial charge in [0, 0.05) is 52.0 Å². The number of nitriles is 1. The monoisotopic (exact) mass is 267 g/mol. The number of carboxylic acids is 1. The van der Waals surface area contributed by atoms with Crippen molar-refractivity contribution in [3.8, 4) is 6.07 Å². The Hall–Kier alpha value is -1.61. The van der Waals surface area contributed by atoms with Gasteiger partial charge < -0.3 is 10.0 Å². The average Bonchev–Trinajstić information content (AvgIpc) is 2.41. The van der Waals surface area contributed by atoms with Crippen LogP contribution < -0.4 is 0 Å². The Morgan fingerprint density at radius 1 is 1.11 bits per heavy atom. The molecule has 0 aromatic carbocycles. The first-order valence-corrected chi connectivity index (χ1v) is 6.72. The number of rotatable bonds is 7. The van der Waals surface area contributed by atoms with Crippen LogP contribution in [0.2, 0.25) is 0 Å². The highest BCUT2D eigenvalue weighted by molar-refractivity contribution is 5.76. The molecule has 1 aliphatic rings. The van der Waals surface area contributed by atoms with Crippen molar-refractivity contribution in [3.63, 3.8) is 0 Å². The van der Waals surface area contributed by atoms with Crippen LogP contribution in [0.3, 0.4) is 0 Å². The van der Waals surface area contributed by atoms with Crippen LogP contribution in [0.15, 0.2) is 0 Å². The largest absolute Gasteiger partial charge is 0.481 e. The molecule has 0 aromatic heterocycles. The van der Waals surface area contributed by atoms with Crippen molar-refractivity contribution < 1.29 is 14.7 Å². The van der Waals surface area contributed by atoms with Crippen LogP contribution in [0.4, 0.5) is 0 Å². The van der Waals surface area contributed by atoms with Crippen LogP contribution >= 0.6 is 0 Å². The fourth-order valence-corrected chi connectivity index (χ4v) is 2.14. The lowest BCUT2D eigenvalue weighted by molar-refractivity contribution is -0.138. The Morgan fingerprint density at radius 3 is 2.32 bits per heavy atom. The van der Waals surface area contributed by atoms with Gasteiger partial charge in [0.1, 0.15) is 0 Å². The summed E-state index contributed by atoms with van der Waals surface area (Å²) in [6, 6.07) is 2.12. The molecule has 0 radical (unpaired) electrons. The molecular weight excluding hydrogens is 246 g/mol. The van der Waals surface area contributed by atoms with E-state index in [0.717, 1.165) is 19.6 Å². The maximum atomic E-state index is 11.9. The minimum atomic E-state index is -0.807. The van der Waals surface area contributed by atoms with E-state index < -0.39 is 5.97 Å². The van der Waals surface area contributed by atoms with Crippen molar-refractivity contribution in [3.05, 3.63) is 0 Å². The van der Waals surface area contributed by atoms with E-state index in [1.807, 2.05) is 4.90 Å². The number of amides is 1. The molecule has 1 heterocycles. The lowest BCUT2D eigenvalue weighted by Crippen LogP contribution is -2.48. The predicted octanol–water partition coefficient (Wildman–Crippen LogP) is 0.689. The molecule has 1 rings (SSSR count). The third kappa shape index (κ3) is 6.20. The minimum Gasteiger partial charge on any atom is -0.481 e.